The van der Waals surface area contributed by atoms with Gasteiger partial charge >= 0.3 is 0 Å². The molecule has 0 saturated heterocycles. The lowest BCUT2D eigenvalue weighted by atomic mass is 10.1. The van der Waals surface area contributed by atoms with Gasteiger partial charge in [-0.15, -0.1) is 11.3 Å². The van der Waals surface area contributed by atoms with Crippen molar-refractivity contribution in [2.45, 2.75) is 19.5 Å². The van der Waals surface area contributed by atoms with E-state index in [9.17, 15) is 0 Å². The van der Waals surface area contributed by atoms with Gasteiger partial charge in [0.25, 0.3) is 0 Å². The third-order valence-corrected chi connectivity index (χ3v) is 4.25. The van der Waals surface area contributed by atoms with Gasteiger partial charge in [-0.25, -0.2) is 4.98 Å². The summed E-state index contributed by atoms with van der Waals surface area (Å²) in [6.07, 6.45) is 4.02. The SMILES string of the molecule is C[C@H](NC(=S)NCc1cn2ccsc2n1)c1ccccc1. The second-order valence-corrected chi connectivity index (χ2v) is 6.07. The molecular formula is C15H16N4S2. The Kier molecular flexibility index (Phi) is 4.17. The molecule has 21 heavy (non-hydrogen) atoms. The fraction of sp³-hybridized carbons (Fsp3) is 0.200. The van der Waals surface area contributed by atoms with E-state index in [1.165, 1.54) is 5.56 Å². The van der Waals surface area contributed by atoms with Gasteiger partial charge in [-0.1, -0.05) is 30.3 Å². The van der Waals surface area contributed by atoms with Crippen molar-refractivity contribution in [3.63, 3.8) is 0 Å². The third kappa shape index (κ3) is 3.40. The molecule has 6 heteroatoms. The van der Waals surface area contributed by atoms with Crippen LogP contribution >= 0.6 is 23.6 Å². The Hall–Kier alpha value is -1.92. The molecule has 1 atom stereocenters. The van der Waals surface area contributed by atoms with Gasteiger partial charge in [0, 0.05) is 17.8 Å². The summed E-state index contributed by atoms with van der Waals surface area (Å²) in [5.74, 6) is 0. The van der Waals surface area contributed by atoms with Crippen molar-refractivity contribution in [3.8, 4) is 0 Å². The minimum atomic E-state index is 0.177. The number of hydrogen-bond acceptors (Lipinski definition) is 3. The Morgan fingerprint density at radius 2 is 2.19 bits per heavy atom. The molecule has 0 aliphatic rings. The Morgan fingerprint density at radius 1 is 1.38 bits per heavy atom. The topological polar surface area (TPSA) is 41.4 Å². The van der Waals surface area contributed by atoms with Crippen LogP contribution in [-0.4, -0.2) is 14.5 Å². The van der Waals surface area contributed by atoms with Gasteiger partial charge in [0.15, 0.2) is 10.1 Å². The van der Waals surface area contributed by atoms with Crippen LogP contribution < -0.4 is 10.6 Å². The number of thiazole rings is 1. The molecule has 0 spiro atoms. The van der Waals surface area contributed by atoms with E-state index < -0.39 is 0 Å². The number of fused-ring (bicyclic) bond motifs is 1. The van der Waals surface area contributed by atoms with Crippen LogP contribution in [0, 0.1) is 0 Å². The quantitative estimate of drug-likeness (QED) is 0.726. The monoisotopic (exact) mass is 316 g/mol. The fourth-order valence-electron chi connectivity index (χ4n) is 2.10. The van der Waals surface area contributed by atoms with Crippen molar-refractivity contribution in [3.05, 3.63) is 59.4 Å². The first-order valence-electron chi connectivity index (χ1n) is 6.73. The van der Waals surface area contributed by atoms with Gasteiger partial charge in [-0.2, -0.15) is 0 Å². The van der Waals surface area contributed by atoms with Gasteiger partial charge in [0.1, 0.15) is 0 Å². The molecule has 2 N–H and O–H groups in total. The molecule has 2 aromatic heterocycles. The van der Waals surface area contributed by atoms with Crippen LogP contribution in [-0.2, 0) is 6.54 Å². The number of aromatic nitrogens is 2. The highest BCUT2D eigenvalue weighted by molar-refractivity contribution is 7.80. The summed E-state index contributed by atoms with van der Waals surface area (Å²) in [7, 11) is 0. The van der Waals surface area contributed by atoms with Crippen molar-refractivity contribution >= 4 is 33.6 Å². The molecule has 3 aromatic rings. The van der Waals surface area contributed by atoms with Crippen molar-refractivity contribution in [2.24, 2.45) is 0 Å². The van der Waals surface area contributed by atoms with Crippen LogP contribution in [0.4, 0.5) is 0 Å². The Bertz CT molecular complexity index is 704. The zero-order valence-corrected chi connectivity index (χ0v) is 13.2. The molecule has 0 bridgehead atoms. The lowest BCUT2D eigenvalue weighted by molar-refractivity contribution is 0.696. The van der Waals surface area contributed by atoms with Gasteiger partial charge in [-0.05, 0) is 24.7 Å². The van der Waals surface area contributed by atoms with Gasteiger partial charge in [0.2, 0.25) is 0 Å². The van der Waals surface area contributed by atoms with Gasteiger partial charge in [0.05, 0.1) is 18.3 Å². The van der Waals surface area contributed by atoms with Crippen LogP contribution in [0.25, 0.3) is 4.96 Å². The van der Waals surface area contributed by atoms with Crippen LogP contribution in [0.5, 0.6) is 0 Å². The molecule has 1 aromatic carbocycles. The highest BCUT2D eigenvalue weighted by atomic mass is 32.1. The van der Waals surface area contributed by atoms with Gasteiger partial charge in [-0.3, -0.25) is 4.40 Å². The zero-order chi connectivity index (χ0) is 14.7. The minimum absolute atomic E-state index is 0.177. The first-order valence-corrected chi connectivity index (χ1v) is 8.01. The number of nitrogens with zero attached hydrogens (tertiary/aromatic N) is 2. The molecule has 0 aliphatic heterocycles. The first-order chi connectivity index (χ1) is 10.2. The van der Waals surface area contributed by atoms with Crippen LogP contribution in [0.3, 0.4) is 0 Å². The lowest BCUT2D eigenvalue weighted by Crippen LogP contribution is -2.36. The Labute approximate surface area is 132 Å². The molecule has 0 saturated carbocycles. The summed E-state index contributed by atoms with van der Waals surface area (Å²) in [6.45, 7) is 2.72. The minimum Gasteiger partial charge on any atom is -0.357 e. The van der Waals surface area contributed by atoms with Crippen molar-refractivity contribution < 1.29 is 0 Å². The van der Waals surface area contributed by atoms with E-state index in [0.29, 0.717) is 11.7 Å². The standard InChI is InChI=1S/C15H16N4S2/c1-11(12-5-3-2-4-6-12)17-14(20)16-9-13-10-19-7-8-21-15(19)18-13/h2-8,10-11H,9H2,1H3,(H2,16,17,20)/t11-/m0/s1. The molecule has 108 valence electrons. The fourth-order valence-corrected chi connectivity index (χ4v) is 3.07. The number of thiocarbonyl (C=S) groups is 1. The predicted molar refractivity (Wildman–Crippen MR) is 90.5 cm³/mol. The maximum atomic E-state index is 5.34. The molecule has 4 nitrogen and oxygen atoms in total. The van der Waals surface area contributed by atoms with Crippen LogP contribution in [0.15, 0.2) is 48.1 Å². The summed E-state index contributed by atoms with van der Waals surface area (Å²) < 4.78 is 2.02. The maximum absolute atomic E-state index is 5.34. The third-order valence-electron chi connectivity index (χ3n) is 3.22. The maximum Gasteiger partial charge on any atom is 0.193 e. The Balaban J connectivity index is 1.53. The number of benzene rings is 1. The molecule has 0 fully saturated rings. The number of hydrogen-bond donors (Lipinski definition) is 2. The van der Waals surface area contributed by atoms with E-state index in [0.717, 1.165) is 10.7 Å². The summed E-state index contributed by atoms with van der Waals surface area (Å²) in [5.41, 5.74) is 2.20. The molecule has 0 radical (unpaired) electrons. The van der Waals surface area contributed by atoms with E-state index >= 15 is 0 Å². The van der Waals surface area contributed by atoms with E-state index in [-0.39, 0.29) is 6.04 Å². The number of rotatable bonds is 4. The second kappa shape index (κ2) is 6.24. The molecule has 2 heterocycles. The largest absolute Gasteiger partial charge is 0.357 e. The van der Waals surface area contributed by atoms with E-state index in [1.54, 1.807) is 11.3 Å². The van der Waals surface area contributed by atoms with Crippen LogP contribution in [0.2, 0.25) is 0 Å². The highest BCUT2D eigenvalue weighted by Gasteiger charge is 2.07. The first kappa shape index (κ1) is 14.0. The number of imidazole rings is 1. The number of nitrogens with one attached hydrogen (secondary N) is 2. The highest BCUT2D eigenvalue weighted by Crippen LogP contribution is 2.12. The smallest absolute Gasteiger partial charge is 0.193 e. The predicted octanol–water partition coefficient (Wildman–Crippen LogP) is 3.12. The molecule has 0 amide bonds. The summed E-state index contributed by atoms with van der Waals surface area (Å²) in [5, 5.41) is 9.14. The second-order valence-electron chi connectivity index (χ2n) is 4.78. The molecular weight excluding hydrogens is 300 g/mol. The van der Waals surface area contributed by atoms with E-state index in [4.69, 9.17) is 12.2 Å². The van der Waals surface area contributed by atoms with Crippen LogP contribution in [0.1, 0.15) is 24.2 Å². The lowest BCUT2D eigenvalue weighted by Gasteiger charge is -2.16. The summed E-state index contributed by atoms with van der Waals surface area (Å²) in [6, 6.07) is 10.4. The zero-order valence-electron chi connectivity index (χ0n) is 11.6. The average Bonchev–Trinajstić information content (AvgIpc) is 3.07. The molecule has 0 aliphatic carbocycles. The van der Waals surface area contributed by atoms with Crippen molar-refractivity contribution in [2.75, 3.05) is 0 Å². The Morgan fingerprint density at radius 3 is 2.95 bits per heavy atom. The molecule has 0 unspecified atom stereocenters. The average molecular weight is 316 g/mol. The van der Waals surface area contributed by atoms with Crippen molar-refractivity contribution in [1.29, 1.82) is 0 Å². The summed E-state index contributed by atoms with van der Waals surface area (Å²) in [4.78, 5) is 5.52. The van der Waals surface area contributed by atoms with Gasteiger partial charge < -0.3 is 10.6 Å². The summed E-state index contributed by atoms with van der Waals surface area (Å²) >= 11 is 6.96. The molecule has 3 rings (SSSR count). The van der Waals surface area contributed by atoms with Crippen molar-refractivity contribution in [1.82, 2.24) is 20.0 Å². The van der Waals surface area contributed by atoms with E-state index in [1.807, 2.05) is 40.4 Å². The van der Waals surface area contributed by atoms with E-state index in [2.05, 4.69) is 34.7 Å². The normalized spacial score (nSPS) is 12.2.